The third kappa shape index (κ3) is 4.44. The number of nitrogens with zero attached hydrogens (tertiary/aromatic N) is 1. The summed E-state index contributed by atoms with van der Waals surface area (Å²) in [6, 6.07) is 0. The second-order valence-corrected chi connectivity index (χ2v) is 8.38. The van der Waals surface area contributed by atoms with Crippen LogP contribution in [-0.2, 0) is 0 Å². The summed E-state index contributed by atoms with van der Waals surface area (Å²) in [6.45, 7) is 13.5. The maximum absolute atomic E-state index is 9.89. The molecule has 0 radical (unpaired) electrons. The van der Waals surface area contributed by atoms with Crippen LogP contribution in [0.4, 0.5) is 0 Å². The Kier molecular flexibility index (Phi) is 5.14. The quantitative estimate of drug-likeness (QED) is 0.832. The molecule has 2 fully saturated rings. The van der Waals surface area contributed by atoms with E-state index in [2.05, 4.69) is 37.9 Å². The Morgan fingerprint density at radius 2 is 1.90 bits per heavy atom. The highest BCUT2D eigenvalue weighted by molar-refractivity contribution is 4.92. The SMILES string of the molecule is CC1CN(CC2(CNC(C)(C)C)CCCC2)CCC1O. The normalized spacial score (nSPS) is 31.6. The second kappa shape index (κ2) is 6.33. The molecule has 0 amide bonds. The molecule has 0 aromatic rings. The minimum Gasteiger partial charge on any atom is -0.393 e. The molecular formula is C17H34N2O. The minimum atomic E-state index is -0.0847. The number of nitrogens with one attached hydrogen (secondary N) is 1. The van der Waals surface area contributed by atoms with Gasteiger partial charge in [0.1, 0.15) is 0 Å². The van der Waals surface area contributed by atoms with Crippen LogP contribution in [-0.4, -0.2) is 47.8 Å². The van der Waals surface area contributed by atoms with Crippen molar-refractivity contribution in [3.05, 3.63) is 0 Å². The zero-order valence-corrected chi connectivity index (χ0v) is 13.9. The molecule has 118 valence electrons. The average molecular weight is 282 g/mol. The zero-order valence-electron chi connectivity index (χ0n) is 13.9. The number of hydrogen-bond acceptors (Lipinski definition) is 3. The fraction of sp³-hybridized carbons (Fsp3) is 1.00. The first-order valence-electron chi connectivity index (χ1n) is 8.45. The summed E-state index contributed by atoms with van der Waals surface area (Å²) in [5, 5.41) is 13.6. The molecule has 0 spiro atoms. The first kappa shape index (κ1) is 16.3. The third-order valence-corrected chi connectivity index (χ3v) is 5.16. The smallest absolute Gasteiger partial charge is 0.0590 e. The van der Waals surface area contributed by atoms with Crippen LogP contribution in [0.5, 0.6) is 0 Å². The van der Waals surface area contributed by atoms with Crippen LogP contribution in [0.15, 0.2) is 0 Å². The monoisotopic (exact) mass is 282 g/mol. The third-order valence-electron chi connectivity index (χ3n) is 5.16. The van der Waals surface area contributed by atoms with Gasteiger partial charge in [-0.2, -0.15) is 0 Å². The average Bonchev–Trinajstić information content (AvgIpc) is 2.80. The minimum absolute atomic E-state index is 0.0847. The van der Waals surface area contributed by atoms with Crippen molar-refractivity contribution in [2.75, 3.05) is 26.2 Å². The summed E-state index contributed by atoms with van der Waals surface area (Å²) in [7, 11) is 0. The van der Waals surface area contributed by atoms with Crippen molar-refractivity contribution in [2.45, 2.75) is 71.4 Å². The van der Waals surface area contributed by atoms with E-state index in [1.54, 1.807) is 0 Å². The molecule has 3 nitrogen and oxygen atoms in total. The standard InChI is InChI=1S/C17H34N2O/c1-14-11-19(10-7-15(14)20)13-17(8-5-6-9-17)12-18-16(2,3)4/h14-15,18,20H,5-13H2,1-4H3. The van der Waals surface area contributed by atoms with Gasteiger partial charge in [0.2, 0.25) is 0 Å². The summed E-state index contributed by atoms with van der Waals surface area (Å²) < 4.78 is 0. The van der Waals surface area contributed by atoms with Gasteiger partial charge in [-0.3, -0.25) is 0 Å². The number of piperidine rings is 1. The molecule has 1 aliphatic carbocycles. The molecule has 0 bridgehead atoms. The van der Waals surface area contributed by atoms with Gasteiger partial charge in [0.25, 0.3) is 0 Å². The van der Waals surface area contributed by atoms with E-state index in [1.165, 1.54) is 32.2 Å². The van der Waals surface area contributed by atoms with E-state index in [0.717, 1.165) is 26.1 Å². The van der Waals surface area contributed by atoms with Gasteiger partial charge in [-0.05, 0) is 51.4 Å². The maximum Gasteiger partial charge on any atom is 0.0590 e. The van der Waals surface area contributed by atoms with Crippen molar-refractivity contribution in [2.24, 2.45) is 11.3 Å². The van der Waals surface area contributed by atoms with Gasteiger partial charge in [-0.1, -0.05) is 19.8 Å². The van der Waals surface area contributed by atoms with Gasteiger partial charge in [0.15, 0.2) is 0 Å². The molecule has 0 aromatic carbocycles. The molecule has 2 unspecified atom stereocenters. The lowest BCUT2D eigenvalue weighted by Gasteiger charge is -2.41. The van der Waals surface area contributed by atoms with E-state index in [0.29, 0.717) is 11.3 Å². The molecule has 1 heterocycles. The van der Waals surface area contributed by atoms with E-state index < -0.39 is 0 Å². The van der Waals surface area contributed by atoms with Gasteiger partial charge in [-0.15, -0.1) is 0 Å². The lowest BCUT2D eigenvalue weighted by Crippen LogP contribution is -2.51. The summed E-state index contributed by atoms with van der Waals surface area (Å²) in [4.78, 5) is 2.60. The molecule has 2 rings (SSSR count). The van der Waals surface area contributed by atoms with Crippen LogP contribution in [0.25, 0.3) is 0 Å². The number of hydrogen-bond donors (Lipinski definition) is 2. The largest absolute Gasteiger partial charge is 0.393 e. The van der Waals surface area contributed by atoms with Crippen LogP contribution < -0.4 is 5.32 Å². The van der Waals surface area contributed by atoms with Crippen molar-refractivity contribution in [1.82, 2.24) is 10.2 Å². The summed E-state index contributed by atoms with van der Waals surface area (Å²) >= 11 is 0. The number of likely N-dealkylation sites (tertiary alicyclic amines) is 1. The molecule has 2 N–H and O–H groups in total. The summed E-state index contributed by atoms with van der Waals surface area (Å²) in [5.41, 5.74) is 0.677. The van der Waals surface area contributed by atoms with Crippen LogP contribution >= 0.6 is 0 Å². The topological polar surface area (TPSA) is 35.5 Å². The molecule has 3 heteroatoms. The van der Waals surface area contributed by atoms with Gasteiger partial charge in [0.05, 0.1) is 6.10 Å². The van der Waals surface area contributed by atoms with Crippen molar-refractivity contribution < 1.29 is 5.11 Å². The fourth-order valence-electron chi connectivity index (χ4n) is 3.81. The van der Waals surface area contributed by atoms with Gasteiger partial charge in [-0.25, -0.2) is 0 Å². The predicted molar refractivity (Wildman–Crippen MR) is 84.9 cm³/mol. The first-order chi connectivity index (χ1) is 9.30. The van der Waals surface area contributed by atoms with E-state index in [1.807, 2.05) is 0 Å². The van der Waals surface area contributed by atoms with E-state index in [4.69, 9.17) is 0 Å². The summed E-state index contributed by atoms with van der Waals surface area (Å²) in [5.74, 6) is 0.428. The fourth-order valence-corrected chi connectivity index (χ4v) is 3.81. The van der Waals surface area contributed by atoms with Crippen LogP contribution in [0.2, 0.25) is 0 Å². The molecule has 1 aliphatic heterocycles. The highest BCUT2D eigenvalue weighted by atomic mass is 16.3. The number of aliphatic hydroxyl groups is 1. The Hall–Kier alpha value is -0.120. The highest BCUT2D eigenvalue weighted by Gasteiger charge is 2.37. The number of rotatable bonds is 4. The van der Waals surface area contributed by atoms with Crippen molar-refractivity contribution in [1.29, 1.82) is 0 Å². The second-order valence-electron chi connectivity index (χ2n) is 8.38. The first-order valence-corrected chi connectivity index (χ1v) is 8.45. The van der Waals surface area contributed by atoms with E-state index >= 15 is 0 Å². The summed E-state index contributed by atoms with van der Waals surface area (Å²) in [6.07, 6.45) is 6.37. The molecule has 2 aliphatic rings. The van der Waals surface area contributed by atoms with Crippen molar-refractivity contribution >= 4 is 0 Å². The molecule has 2 atom stereocenters. The highest BCUT2D eigenvalue weighted by Crippen LogP contribution is 2.39. The Labute approximate surface area is 125 Å². The zero-order chi connectivity index (χ0) is 14.8. The predicted octanol–water partition coefficient (Wildman–Crippen LogP) is 2.64. The van der Waals surface area contributed by atoms with Crippen molar-refractivity contribution in [3.8, 4) is 0 Å². The lowest BCUT2D eigenvalue weighted by atomic mass is 9.83. The Morgan fingerprint density at radius 3 is 2.45 bits per heavy atom. The maximum atomic E-state index is 9.89. The molecular weight excluding hydrogens is 248 g/mol. The van der Waals surface area contributed by atoms with Crippen LogP contribution in [0, 0.1) is 11.3 Å². The molecule has 20 heavy (non-hydrogen) atoms. The van der Waals surface area contributed by atoms with E-state index in [-0.39, 0.29) is 11.6 Å². The Morgan fingerprint density at radius 1 is 1.25 bits per heavy atom. The molecule has 1 saturated carbocycles. The Balaban J connectivity index is 1.92. The number of aliphatic hydroxyl groups excluding tert-OH is 1. The van der Waals surface area contributed by atoms with Crippen molar-refractivity contribution in [3.63, 3.8) is 0 Å². The van der Waals surface area contributed by atoms with E-state index in [9.17, 15) is 5.11 Å². The lowest BCUT2D eigenvalue weighted by molar-refractivity contribution is 0.0159. The van der Waals surface area contributed by atoms with Gasteiger partial charge in [0, 0.05) is 31.7 Å². The molecule has 1 saturated heterocycles. The Bertz CT molecular complexity index is 305. The van der Waals surface area contributed by atoms with Crippen LogP contribution in [0.1, 0.15) is 59.8 Å². The van der Waals surface area contributed by atoms with Gasteiger partial charge >= 0.3 is 0 Å². The molecule has 0 aromatic heterocycles. The van der Waals surface area contributed by atoms with Crippen LogP contribution in [0.3, 0.4) is 0 Å². The van der Waals surface area contributed by atoms with Gasteiger partial charge < -0.3 is 15.3 Å².